The van der Waals surface area contributed by atoms with Crippen LogP contribution in [0.5, 0.6) is 0 Å². The van der Waals surface area contributed by atoms with Gasteiger partial charge in [0.1, 0.15) is 18.7 Å². The largest absolute Gasteiger partial charge is 0.392 e. The normalized spacial score (nSPS) is 15.4. The maximum atomic E-state index is 13.4. The van der Waals surface area contributed by atoms with Crippen molar-refractivity contribution in [1.29, 1.82) is 0 Å². The molecule has 7 N–H and O–H groups in total. The second-order valence-corrected chi connectivity index (χ2v) is 11.3. The van der Waals surface area contributed by atoms with Crippen LogP contribution in [0.15, 0.2) is 48.6 Å². The number of rotatable bonds is 18. The number of carbonyl (C=O) groups excluding carboxylic acids is 8. The number of aliphatic hydroxyl groups excluding tert-OH is 1. The van der Waals surface area contributed by atoms with Crippen molar-refractivity contribution in [1.82, 2.24) is 25.8 Å². The van der Waals surface area contributed by atoms with Crippen LogP contribution in [0.25, 0.3) is 0 Å². The first-order valence-corrected chi connectivity index (χ1v) is 15.1. The number of ether oxygens (including phenoxy) is 1. The number of primary amides is 1. The highest BCUT2D eigenvalue weighted by Crippen LogP contribution is 2.13. The number of imide groups is 2. The van der Waals surface area contributed by atoms with Crippen LogP contribution in [0.1, 0.15) is 32.3 Å². The fraction of sp³-hybridized carbons (Fsp3) is 0.419. The summed E-state index contributed by atoms with van der Waals surface area (Å²) in [6.45, 7) is 1.91. The molecule has 2 aliphatic rings. The fourth-order valence-corrected chi connectivity index (χ4v) is 4.71. The number of hydrogen-bond donors (Lipinski definition) is 6. The van der Waals surface area contributed by atoms with Crippen LogP contribution in [0.2, 0.25) is 0 Å². The lowest BCUT2D eigenvalue weighted by molar-refractivity contribution is -0.143. The lowest BCUT2D eigenvalue weighted by Gasteiger charge is -2.27. The van der Waals surface area contributed by atoms with Gasteiger partial charge in [0.15, 0.2) is 0 Å². The summed E-state index contributed by atoms with van der Waals surface area (Å²) < 4.78 is 5.65. The number of nitrogens with one attached hydrogen (secondary N) is 4. The van der Waals surface area contributed by atoms with E-state index < -0.39 is 78.1 Å². The number of carbonyl (C=O) groups is 8. The molecular formula is C31H39N7O10. The Hall–Kier alpha value is -5.42. The lowest BCUT2D eigenvalue weighted by atomic mass is 10.0. The van der Waals surface area contributed by atoms with E-state index in [4.69, 9.17) is 10.5 Å². The zero-order valence-electron chi connectivity index (χ0n) is 26.5. The summed E-state index contributed by atoms with van der Waals surface area (Å²) in [7, 11) is 0. The first-order chi connectivity index (χ1) is 22.8. The van der Waals surface area contributed by atoms with Crippen molar-refractivity contribution in [3.05, 3.63) is 54.1 Å². The van der Waals surface area contributed by atoms with E-state index in [9.17, 15) is 43.5 Å². The first kappa shape index (κ1) is 37.0. The number of urea groups is 1. The fourth-order valence-electron chi connectivity index (χ4n) is 4.71. The van der Waals surface area contributed by atoms with Gasteiger partial charge in [-0.3, -0.25) is 43.4 Å². The van der Waals surface area contributed by atoms with E-state index >= 15 is 0 Å². The molecule has 0 saturated carbocycles. The standard InChI is InChI=1S/C31H39N7O10/c1-18(2)28(30(46)35-22(4-3-13-33-31(32)47)29(45)34-20-7-5-19(16-39)6-8-20)36-23(40)17-48-21(14-37-24(41)9-10-25(37)42)15-38-26(43)11-12-27(38)44/h5-12,18,21-22,28,39H,3-4,13-17H2,1-2H3,(H,34,45)(H,35,46)(H,36,40)(H3,32,33,47). The van der Waals surface area contributed by atoms with Crippen LogP contribution < -0.4 is 27.0 Å². The monoisotopic (exact) mass is 669 g/mol. The highest BCUT2D eigenvalue weighted by molar-refractivity contribution is 6.13. The molecule has 2 unspecified atom stereocenters. The van der Waals surface area contributed by atoms with Gasteiger partial charge in [0.05, 0.1) is 25.8 Å². The molecule has 3 rings (SSSR count). The van der Waals surface area contributed by atoms with Gasteiger partial charge < -0.3 is 36.8 Å². The Balaban J connectivity index is 1.66. The minimum atomic E-state index is -1.14. The van der Waals surface area contributed by atoms with Crippen molar-refractivity contribution in [3.8, 4) is 0 Å². The minimum Gasteiger partial charge on any atom is -0.392 e. The van der Waals surface area contributed by atoms with E-state index in [0.29, 0.717) is 11.3 Å². The summed E-state index contributed by atoms with van der Waals surface area (Å²) in [6.07, 6.45) is 3.47. The number of anilines is 1. The van der Waals surface area contributed by atoms with E-state index in [1.807, 2.05) is 0 Å². The molecule has 2 atom stereocenters. The van der Waals surface area contributed by atoms with Crippen LogP contribution in [0, 0.1) is 5.92 Å². The first-order valence-electron chi connectivity index (χ1n) is 15.1. The van der Waals surface area contributed by atoms with E-state index in [1.165, 1.54) is 0 Å². The molecule has 1 aromatic rings. The van der Waals surface area contributed by atoms with E-state index in [-0.39, 0.29) is 39.1 Å². The van der Waals surface area contributed by atoms with Crippen molar-refractivity contribution >= 4 is 53.1 Å². The molecule has 17 heteroatoms. The average Bonchev–Trinajstić information content (AvgIpc) is 3.53. The van der Waals surface area contributed by atoms with Crippen molar-refractivity contribution in [2.24, 2.45) is 11.7 Å². The van der Waals surface area contributed by atoms with E-state index in [0.717, 1.165) is 34.1 Å². The third-order valence-corrected chi connectivity index (χ3v) is 7.30. The maximum Gasteiger partial charge on any atom is 0.312 e. The van der Waals surface area contributed by atoms with Crippen molar-refractivity contribution < 1.29 is 48.2 Å². The van der Waals surface area contributed by atoms with Gasteiger partial charge in [0, 0.05) is 36.5 Å². The predicted molar refractivity (Wildman–Crippen MR) is 168 cm³/mol. The summed E-state index contributed by atoms with van der Waals surface area (Å²) in [5.74, 6) is -4.99. The average molecular weight is 670 g/mol. The second kappa shape index (κ2) is 17.5. The van der Waals surface area contributed by atoms with Gasteiger partial charge in [-0.1, -0.05) is 26.0 Å². The molecule has 0 spiro atoms. The van der Waals surface area contributed by atoms with Crippen LogP contribution in [-0.4, -0.2) is 107 Å². The summed E-state index contributed by atoms with van der Waals surface area (Å²) in [6, 6.07) is 3.43. The van der Waals surface area contributed by atoms with Crippen LogP contribution >= 0.6 is 0 Å². The molecule has 17 nitrogen and oxygen atoms in total. The molecule has 0 bridgehead atoms. The van der Waals surface area contributed by atoms with Gasteiger partial charge in [0.2, 0.25) is 17.7 Å². The maximum absolute atomic E-state index is 13.4. The molecule has 0 aromatic heterocycles. The van der Waals surface area contributed by atoms with Gasteiger partial charge in [-0.05, 0) is 36.5 Å². The Kier molecular flexibility index (Phi) is 13.5. The molecule has 2 aliphatic heterocycles. The molecule has 48 heavy (non-hydrogen) atoms. The third-order valence-electron chi connectivity index (χ3n) is 7.30. The van der Waals surface area contributed by atoms with E-state index in [1.54, 1.807) is 38.1 Å². The molecule has 0 fully saturated rings. The summed E-state index contributed by atoms with van der Waals surface area (Å²) in [5.41, 5.74) is 6.15. The molecule has 0 saturated heterocycles. The number of benzene rings is 1. The number of hydrogen-bond acceptors (Lipinski definition) is 10. The number of aliphatic hydroxyl groups is 1. The Morgan fingerprint density at radius 1 is 0.833 bits per heavy atom. The molecule has 9 amide bonds. The Morgan fingerprint density at radius 3 is 1.85 bits per heavy atom. The van der Waals surface area contributed by atoms with Gasteiger partial charge in [-0.2, -0.15) is 0 Å². The Morgan fingerprint density at radius 2 is 1.38 bits per heavy atom. The summed E-state index contributed by atoms with van der Waals surface area (Å²) in [4.78, 5) is 101. The van der Waals surface area contributed by atoms with Gasteiger partial charge in [-0.25, -0.2) is 4.79 Å². The second-order valence-electron chi connectivity index (χ2n) is 11.3. The zero-order chi connectivity index (χ0) is 35.4. The molecule has 2 heterocycles. The van der Waals surface area contributed by atoms with Crippen LogP contribution in [0.3, 0.4) is 0 Å². The van der Waals surface area contributed by atoms with Crippen LogP contribution in [0.4, 0.5) is 10.5 Å². The van der Waals surface area contributed by atoms with Gasteiger partial charge in [0.25, 0.3) is 23.6 Å². The Bertz CT molecular complexity index is 1390. The Labute approximate surface area is 275 Å². The highest BCUT2D eigenvalue weighted by Gasteiger charge is 2.33. The molecule has 0 aliphatic carbocycles. The summed E-state index contributed by atoms with van der Waals surface area (Å²) in [5, 5.41) is 19.6. The van der Waals surface area contributed by atoms with Crippen LogP contribution in [-0.2, 0) is 44.9 Å². The molecular weight excluding hydrogens is 630 g/mol. The molecule has 0 radical (unpaired) electrons. The number of amides is 9. The predicted octanol–water partition coefficient (Wildman–Crippen LogP) is -1.57. The lowest BCUT2D eigenvalue weighted by Crippen LogP contribution is -2.55. The molecule has 258 valence electrons. The smallest absolute Gasteiger partial charge is 0.312 e. The SMILES string of the molecule is CC(C)C(NC(=O)COC(CN1C(=O)C=CC1=O)CN1C(=O)C=CC1=O)C(=O)NC(CCCNC(N)=O)C(=O)Nc1ccc(CO)cc1. The van der Waals surface area contributed by atoms with Crippen molar-refractivity contribution in [2.45, 2.75) is 51.5 Å². The third kappa shape index (κ3) is 10.8. The van der Waals surface area contributed by atoms with E-state index in [2.05, 4.69) is 21.3 Å². The zero-order valence-corrected chi connectivity index (χ0v) is 26.5. The number of nitrogens with two attached hydrogens (primary N) is 1. The highest BCUT2D eigenvalue weighted by atomic mass is 16.5. The topological polar surface area (TPSA) is 247 Å². The minimum absolute atomic E-state index is 0.0989. The number of nitrogens with zero attached hydrogens (tertiary/aromatic N) is 2. The van der Waals surface area contributed by atoms with Gasteiger partial charge >= 0.3 is 6.03 Å². The quantitative estimate of drug-likeness (QED) is 0.0774. The molecule has 1 aromatic carbocycles. The van der Waals surface area contributed by atoms with Crippen molar-refractivity contribution in [3.63, 3.8) is 0 Å². The summed E-state index contributed by atoms with van der Waals surface area (Å²) >= 11 is 0. The van der Waals surface area contributed by atoms with Crippen molar-refractivity contribution in [2.75, 3.05) is 31.6 Å². The van der Waals surface area contributed by atoms with Gasteiger partial charge in [-0.15, -0.1) is 0 Å².